The molecule has 0 saturated heterocycles. The number of oxazole rings is 1. The van der Waals surface area contributed by atoms with Crippen molar-refractivity contribution in [1.82, 2.24) is 4.98 Å². The lowest BCUT2D eigenvalue weighted by Gasteiger charge is -1.92. The summed E-state index contributed by atoms with van der Waals surface area (Å²) in [5.74, 6) is 0. The SMILES string of the molecule is S=c1[nH]c2cc3sc4c(Cl)cccc4c3cc2o1. The molecule has 0 atom stereocenters. The van der Waals surface area contributed by atoms with E-state index in [0.717, 1.165) is 31.6 Å². The van der Waals surface area contributed by atoms with Gasteiger partial charge < -0.3 is 9.40 Å². The van der Waals surface area contributed by atoms with Crippen molar-refractivity contribution in [2.24, 2.45) is 0 Å². The monoisotopic (exact) mass is 291 g/mol. The second kappa shape index (κ2) is 3.57. The molecule has 0 unspecified atom stereocenters. The number of rotatable bonds is 0. The maximum absolute atomic E-state index is 6.22. The molecule has 18 heavy (non-hydrogen) atoms. The fourth-order valence-corrected chi connectivity index (χ4v) is 3.83. The van der Waals surface area contributed by atoms with Gasteiger partial charge >= 0.3 is 0 Å². The first kappa shape index (κ1) is 10.6. The van der Waals surface area contributed by atoms with Crippen LogP contribution in [0.2, 0.25) is 5.02 Å². The van der Waals surface area contributed by atoms with Gasteiger partial charge in [-0.2, -0.15) is 0 Å². The van der Waals surface area contributed by atoms with E-state index in [1.54, 1.807) is 11.3 Å². The number of aromatic nitrogens is 1. The Bertz CT molecular complexity index is 964. The fourth-order valence-electron chi connectivity index (χ4n) is 2.21. The lowest BCUT2D eigenvalue weighted by molar-refractivity contribution is 0.584. The van der Waals surface area contributed by atoms with Gasteiger partial charge in [0.1, 0.15) is 0 Å². The first-order valence-corrected chi connectivity index (χ1v) is 6.96. The molecule has 4 rings (SSSR count). The standard InChI is InChI=1S/C13H6ClNOS2/c14-8-3-1-2-6-7-4-10-9(15-13(17)16-10)5-11(7)18-12(6)8/h1-5H,(H,15,17). The molecule has 0 aliphatic rings. The number of H-pyrrole nitrogens is 1. The number of hydrogen-bond acceptors (Lipinski definition) is 3. The molecule has 4 aromatic rings. The summed E-state index contributed by atoms with van der Waals surface area (Å²) in [6.07, 6.45) is 0. The second-order valence-electron chi connectivity index (χ2n) is 4.08. The van der Waals surface area contributed by atoms with Gasteiger partial charge in [0.15, 0.2) is 5.58 Å². The molecule has 0 spiro atoms. The molecule has 0 radical (unpaired) electrons. The van der Waals surface area contributed by atoms with E-state index in [1.807, 2.05) is 18.2 Å². The zero-order valence-electron chi connectivity index (χ0n) is 8.99. The molecule has 0 fully saturated rings. The topological polar surface area (TPSA) is 28.9 Å². The first-order chi connectivity index (χ1) is 8.72. The van der Waals surface area contributed by atoms with Gasteiger partial charge in [-0.1, -0.05) is 23.7 Å². The summed E-state index contributed by atoms with van der Waals surface area (Å²) in [7, 11) is 0. The average Bonchev–Trinajstić information content (AvgIpc) is 2.86. The zero-order chi connectivity index (χ0) is 12.3. The Morgan fingerprint density at radius 1 is 1.22 bits per heavy atom. The van der Waals surface area contributed by atoms with Crippen molar-refractivity contribution in [1.29, 1.82) is 0 Å². The minimum atomic E-state index is 0.407. The summed E-state index contributed by atoms with van der Waals surface area (Å²) in [6, 6.07) is 10.0. The summed E-state index contributed by atoms with van der Waals surface area (Å²) in [6.45, 7) is 0. The number of thiophene rings is 1. The van der Waals surface area contributed by atoms with E-state index in [-0.39, 0.29) is 0 Å². The van der Waals surface area contributed by atoms with Crippen LogP contribution in [0.1, 0.15) is 0 Å². The minimum absolute atomic E-state index is 0.407. The van der Waals surface area contributed by atoms with E-state index in [2.05, 4.69) is 17.1 Å². The van der Waals surface area contributed by atoms with Gasteiger partial charge in [0.05, 0.1) is 15.2 Å². The van der Waals surface area contributed by atoms with Crippen molar-refractivity contribution in [3.63, 3.8) is 0 Å². The van der Waals surface area contributed by atoms with Crippen LogP contribution in [0.5, 0.6) is 0 Å². The van der Waals surface area contributed by atoms with Crippen molar-refractivity contribution < 1.29 is 4.42 Å². The van der Waals surface area contributed by atoms with Gasteiger partial charge in [0, 0.05) is 15.5 Å². The second-order valence-corrected chi connectivity index (χ2v) is 5.91. The van der Waals surface area contributed by atoms with Crippen LogP contribution in [-0.4, -0.2) is 4.98 Å². The number of nitrogens with one attached hydrogen (secondary N) is 1. The van der Waals surface area contributed by atoms with E-state index >= 15 is 0 Å². The molecule has 0 saturated carbocycles. The predicted molar refractivity (Wildman–Crippen MR) is 79.3 cm³/mol. The quantitative estimate of drug-likeness (QED) is 0.433. The van der Waals surface area contributed by atoms with Crippen molar-refractivity contribution in [3.05, 3.63) is 40.2 Å². The van der Waals surface area contributed by atoms with Crippen LogP contribution in [0.3, 0.4) is 0 Å². The van der Waals surface area contributed by atoms with Crippen molar-refractivity contribution in [2.45, 2.75) is 0 Å². The summed E-state index contributed by atoms with van der Waals surface area (Å²) in [5, 5.41) is 3.10. The van der Waals surface area contributed by atoms with Gasteiger partial charge in [-0.05, 0) is 30.4 Å². The summed E-state index contributed by atoms with van der Waals surface area (Å²) in [4.78, 5) is 3.44. The molecule has 1 N–H and O–H groups in total. The van der Waals surface area contributed by atoms with Crippen molar-refractivity contribution >= 4 is 66.4 Å². The van der Waals surface area contributed by atoms with Gasteiger partial charge in [0.25, 0.3) is 4.84 Å². The van der Waals surface area contributed by atoms with Gasteiger partial charge in [-0.3, -0.25) is 0 Å². The third-order valence-electron chi connectivity index (χ3n) is 2.99. The molecule has 0 amide bonds. The van der Waals surface area contributed by atoms with Gasteiger partial charge in [-0.25, -0.2) is 0 Å². The third kappa shape index (κ3) is 1.37. The first-order valence-electron chi connectivity index (χ1n) is 5.36. The maximum atomic E-state index is 6.22. The Morgan fingerprint density at radius 2 is 2.11 bits per heavy atom. The van der Waals surface area contributed by atoms with Crippen LogP contribution in [0.4, 0.5) is 0 Å². The van der Waals surface area contributed by atoms with Crippen LogP contribution < -0.4 is 0 Å². The molecule has 0 aliphatic carbocycles. The largest absolute Gasteiger partial charge is 0.429 e. The summed E-state index contributed by atoms with van der Waals surface area (Å²) < 4.78 is 7.75. The summed E-state index contributed by atoms with van der Waals surface area (Å²) in [5.41, 5.74) is 1.71. The van der Waals surface area contributed by atoms with E-state index < -0.39 is 0 Å². The third-order valence-corrected chi connectivity index (χ3v) is 4.80. The smallest absolute Gasteiger partial charge is 0.266 e. The Balaban J connectivity index is 2.29. The Labute approximate surface area is 116 Å². The number of fused-ring (bicyclic) bond motifs is 4. The fraction of sp³-hybridized carbons (Fsp3) is 0. The Hall–Kier alpha value is -1.36. The molecule has 2 heterocycles. The molecule has 5 heteroatoms. The lowest BCUT2D eigenvalue weighted by Crippen LogP contribution is -1.69. The molecule has 2 aromatic carbocycles. The molecule has 0 aliphatic heterocycles. The highest BCUT2D eigenvalue weighted by Crippen LogP contribution is 2.39. The lowest BCUT2D eigenvalue weighted by atomic mass is 10.1. The predicted octanol–water partition coefficient (Wildman–Crippen LogP) is 5.51. The summed E-state index contributed by atoms with van der Waals surface area (Å²) >= 11 is 12.9. The van der Waals surface area contributed by atoms with Crippen molar-refractivity contribution in [2.75, 3.05) is 0 Å². The number of halogens is 1. The zero-order valence-corrected chi connectivity index (χ0v) is 11.4. The molecule has 0 bridgehead atoms. The number of aromatic amines is 1. The average molecular weight is 292 g/mol. The maximum Gasteiger partial charge on any atom is 0.266 e. The highest BCUT2D eigenvalue weighted by molar-refractivity contribution is 7.71. The van der Waals surface area contributed by atoms with E-state index in [0.29, 0.717) is 4.84 Å². The normalized spacial score (nSPS) is 11.8. The Kier molecular flexibility index (Phi) is 2.09. The van der Waals surface area contributed by atoms with Crippen molar-refractivity contribution in [3.8, 4) is 0 Å². The number of benzene rings is 2. The van der Waals surface area contributed by atoms with Gasteiger partial charge in [0.2, 0.25) is 0 Å². The van der Waals surface area contributed by atoms with Crippen LogP contribution in [-0.2, 0) is 0 Å². The Morgan fingerprint density at radius 3 is 3.00 bits per heavy atom. The molecular formula is C13H6ClNOS2. The number of hydrogen-bond donors (Lipinski definition) is 1. The van der Waals surface area contributed by atoms with E-state index in [1.165, 1.54) is 4.70 Å². The van der Waals surface area contributed by atoms with Crippen LogP contribution in [0.15, 0.2) is 34.7 Å². The van der Waals surface area contributed by atoms with Crippen LogP contribution >= 0.6 is 35.2 Å². The molecule has 88 valence electrons. The minimum Gasteiger partial charge on any atom is -0.429 e. The van der Waals surface area contributed by atoms with E-state index in [9.17, 15) is 0 Å². The van der Waals surface area contributed by atoms with Gasteiger partial charge in [-0.15, -0.1) is 11.3 Å². The molecule has 2 nitrogen and oxygen atoms in total. The van der Waals surface area contributed by atoms with E-state index in [4.69, 9.17) is 28.2 Å². The molecular weight excluding hydrogens is 286 g/mol. The highest BCUT2D eigenvalue weighted by atomic mass is 35.5. The van der Waals surface area contributed by atoms with Crippen LogP contribution in [0, 0.1) is 4.84 Å². The van der Waals surface area contributed by atoms with Crippen LogP contribution in [0.25, 0.3) is 31.3 Å². The molecule has 2 aromatic heterocycles. The highest BCUT2D eigenvalue weighted by Gasteiger charge is 2.10.